The van der Waals surface area contributed by atoms with Crippen molar-refractivity contribution in [1.82, 2.24) is 10.1 Å². The van der Waals surface area contributed by atoms with E-state index < -0.39 is 17.4 Å². The van der Waals surface area contributed by atoms with E-state index in [-0.39, 0.29) is 11.4 Å². The van der Waals surface area contributed by atoms with E-state index >= 15 is 0 Å². The summed E-state index contributed by atoms with van der Waals surface area (Å²) in [5, 5.41) is 3.29. The van der Waals surface area contributed by atoms with Gasteiger partial charge in [-0.25, -0.2) is 13.6 Å². The molecule has 0 atom stereocenters. The molecule has 4 nitrogen and oxygen atoms in total. The van der Waals surface area contributed by atoms with Gasteiger partial charge in [0.25, 0.3) is 0 Å². The van der Waals surface area contributed by atoms with Crippen molar-refractivity contribution in [3.63, 3.8) is 0 Å². The van der Waals surface area contributed by atoms with E-state index in [1.807, 2.05) is 0 Å². The highest BCUT2D eigenvalue weighted by Crippen LogP contribution is 2.16. The van der Waals surface area contributed by atoms with E-state index in [0.717, 1.165) is 18.2 Å². The summed E-state index contributed by atoms with van der Waals surface area (Å²) < 4.78 is 29.7. The van der Waals surface area contributed by atoms with Gasteiger partial charge in [-0.15, -0.1) is 0 Å². The molecule has 0 aliphatic carbocycles. The molecule has 0 aliphatic rings. The first-order chi connectivity index (χ1) is 6.65. The van der Waals surface area contributed by atoms with Crippen LogP contribution in [0.2, 0.25) is 0 Å². The van der Waals surface area contributed by atoms with Crippen LogP contribution < -0.4 is 5.76 Å². The Hall–Kier alpha value is -1.98. The largest absolute Gasteiger partial charge is 0.439 e. The minimum Gasteiger partial charge on any atom is -0.296 e. The predicted molar refractivity (Wildman–Crippen MR) is 42.5 cm³/mol. The molecule has 1 aromatic carbocycles. The number of aromatic nitrogens is 2. The SMILES string of the molecule is O=c1[nH]c(-c2cc(F)cc(F)c2)no1. The lowest BCUT2D eigenvalue weighted by Gasteiger charge is -1.95. The number of aromatic amines is 1. The molecule has 0 bridgehead atoms. The fraction of sp³-hybridized carbons (Fsp3) is 0. The van der Waals surface area contributed by atoms with Crippen molar-refractivity contribution in [2.24, 2.45) is 0 Å². The topological polar surface area (TPSA) is 58.9 Å². The Morgan fingerprint density at radius 3 is 2.36 bits per heavy atom. The first-order valence-electron chi connectivity index (χ1n) is 3.67. The Bertz CT molecular complexity index is 498. The number of hydrogen-bond acceptors (Lipinski definition) is 3. The van der Waals surface area contributed by atoms with E-state index in [4.69, 9.17) is 0 Å². The van der Waals surface area contributed by atoms with Crippen LogP contribution in [0.4, 0.5) is 8.78 Å². The maximum atomic E-state index is 12.7. The van der Waals surface area contributed by atoms with Gasteiger partial charge in [0.15, 0.2) is 5.82 Å². The van der Waals surface area contributed by atoms with Crippen LogP contribution in [0.15, 0.2) is 27.5 Å². The molecule has 1 aromatic heterocycles. The zero-order valence-electron chi connectivity index (χ0n) is 6.75. The van der Waals surface area contributed by atoms with Crippen LogP contribution in [0.1, 0.15) is 0 Å². The summed E-state index contributed by atoms with van der Waals surface area (Å²) in [4.78, 5) is 12.7. The molecule has 1 heterocycles. The standard InChI is InChI=1S/C8H4F2N2O2/c9-5-1-4(2-6(10)3-5)7-11-8(13)14-12-7/h1-3H,(H,11,12,13). The van der Waals surface area contributed by atoms with E-state index in [1.54, 1.807) is 0 Å². The summed E-state index contributed by atoms with van der Waals surface area (Å²) in [6.07, 6.45) is 0. The average molecular weight is 198 g/mol. The molecule has 6 heteroatoms. The fourth-order valence-corrected chi connectivity index (χ4v) is 1.04. The van der Waals surface area contributed by atoms with Crippen molar-refractivity contribution in [3.05, 3.63) is 40.4 Å². The van der Waals surface area contributed by atoms with E-state index in [1.165, 1.54) is 0 Å². The third-order valence-corrected chi connectivity index (χ3v) is 1.58. The number of hydrogen-bond donors (Lipinski definition) is 1. The molecule has 0 spiro atoms. The summed E-state index contributed by atoms with van der Waals surface area (Å²) in [5.74, 6) is -2.27. The van der Waals surface area contributed by atoms with Gasteiger partial charge >= 0.3 is 5.76 Å². The van der Waals surface area contributed by atoms with Gasteiger partial charge in [-0.05, 0) is 12.1 Å². The Morgan fingerprint density at radius 1 is 1.21 bits per heavy atom. The normalized spacial score (nSPS) is 10.4. The number of rotatable bonds is 1. The summed E-state index contributed by atoms with van der Waals surface area (Å²) >= 11 is 0. The monoisotopic (exact) mass is 198 g/mol. The number of H-pyrrole nitrogens is 1. The van der Waals surface area contributed by atoms with Crippen LogP contribution in [-0.4, -0.2) is 10.1 Å². The van der Waals surface area contributed by atoms with Crippen molar-refractivity contribution >= 4 is 0 Å². The maximum absolute atomic E-state index is 12.7. The highest BCUT2D eigenvalue weighted by molar-refractivity contribution is 5.53. The van der Waals surface area contributed by atoms with Gasteiger partial charge in [0.1, 0.15) is 11.6 Å². The highest BCUT2D eigenvalue weighted by atomic mass is 19.1. The zero-order valence-corrected chi connectivity index (χ0v) is 6.75. The van der Waals surface area contributed by atoms with E-state index in [0.29, 0.717) is 0 Å². The molecule has 0 fully saturated rings. The maximum Gasteiger partial charge on any atom is 0.439 e. The van der Waals surface area contributed by atoms with Crippen molar-refractivity contribution in [2.45, 2.75) is 0 Å². The number of nitrogens with zero attached hydrogens (tertiary/aromatic N) is 1. The lowest BCUT2D eigenvalue weighted by molar-refractivity contribution is 0.388. The van der Waals surface area contributed by atoms with Crippen molar-refractivity contribution < 1.29 is 13.3 Å². The first kappa shape index (κ1) is 8.61. The molecular formula is C8H4F2N2O2. The quantitative estimate of drug-likeness (QED) is 0.751. The zero-order chi connectivity index (χ0) is 10.1. The molecule has 0 unspecified atom stereocenters. The third-order valence-electron chi connectivity index (χ3n) is 1.58. The van der Waals surface area contributed by atoms with Crippen LogP contribution >= 0.6 is 0 Å². The number of nitrogens with one attached hydrogen (secondary N) is 1. The van der Waals surface area contributed by atoms with Gasteiger partial charge in [0.05, 0.1) is 0 Å². The molecule has 72 valence electrons. The van der Waals surface area contributed by atoms with Gasteiger partial charge in [-0.1, -0.05) is 5.16 Å². The summed E-state index contributed by atoms with van der Waals surface area (Å²) in [6.45, 7) is 0. The smallest absolute Gasteiger partial charge is 0.296 e. The number of halogens is 2. The second kappa shape index (κ2) is 3.06. The summed E-state index contributed by atoms with van der Waals surface area (Å²) in [5.41, 5.74) is 0.119. The molecule has 2 rings (SSSR count). The Balaban J connectivity index is 2.56. The molecule has 2 aromatic rings. The lowest BCUT2D eigenvalue weighted by atomic mass is 10.2. The Morgan fingerprint density at radius 2 is 1.86 bits per heavy atom. The van der Waals surface area contributed by atoms with Gasteiger partial charge < -0.3 is 0 Å². The van der Waals surface area contributed by atoms with E-state index in [9.17, 15) is 13.6 Å². The molecule has 14 heavy (non-hydrogen) atoms. The van der Waals surface area contributed by atoms with E-state index in [2.05, 4.69) is 14.7 Å². The summed E-state index contributed by atoms with van der Waals surface area (Å²) in [7, 11) is 0. The van der Waals surface area contributed by atoms with Gasteiger partial charge in [-0.3, -0.25) is 9.51 Å². The highest BCUT2D eigenvalue weighted by Gasteiger charge is 2.07. The molecule has 0 amide bonds. The van der Waals surface area contributed by atoms with Crippen LogP contribution in [0.25, 0.3) is 11.4 Å². The average Bonchev–Trinajstić information content (AvgIpc) is 2.50. The minimum absolute atomic E-state index is 0.00611. The van der Waals surface area contributed by atoms with Crippen LogP contribution in [0.3, 0.4) is 0 Å². The molecule has 0 saturated carbocycles. The molecule has 0 aliphatic heterocycles. The van der Waals surface area contributed by atoms with Gasteiger partial charge in [0.2, 0.25) is 0 Å². The third kappa shape index (κ3) is 1.54. The van der Waals surface area contributed by atoms with Crippen LogP contribution in [0.5, 0.6) is 0 Å². The molecule has 1 N–H and O–H groups in total. The van der Waals surface area contributed by atoms with Crippen molar-refractivity contribution in [1.29, 1.82) is 0 Å². The molecular weight excluding hydrogens is 194 g/mol. The first-order valence-corrected chi connectivity index (χ1v) is 3.67. The number of benzene rings is 1. The second-order valence-corrected chi connectivity index (χ2v) is 2.60. The second-order valence-electron chi connectivity index (χ2n) is 2.60. The van der Waals surface area contributed by atoms with Crippen molar-refractivity contribution in [3.8, 4) is 11.4 Å². The van der Waals surface area contributed by atoms with Gasteiger partial charge in [-0.2, -0.15) is 0 Å². The molecule has 0 saturated heterocycles. The minimum atomic E-state index is -0.773. The van der Waals surface area contributed by atoms with Gasteiger partial charge in [0, 0.05) is 11.6 Å². The fourth-order valence-electron chi connectivity index (χ4n) is 1.04. The predicted octanol–water partition coefficient (Wildman–Crippen LogP) is 1.31. The van der Waals surface area contributed by atoms with Crippen LogP contribution in [0, 0.1) is 11.6 Å². The summed E-state index contributed by atoms with van der Waals surface area (Å²) in [6, 6.07) is 2.80. The molecule has 0 radical (unpaired) electrons. The lowest BCUT2D eigenvalue weighted by Crippen LogP contribution is -1.95. The Labute approximate surface area is 76.2 Å². The van der Waals surface area contributed by atoms with Crippen molar-refractivity contribution in [2.75, 3.05) is 0 Å². The Kier molecular flexibility index (Phi) is 1.88. The van der Waals surface area contributed by atoms with Crippen LogP contribution in [-0.2, 0) is 0 Å².